The lowest BCUT2D eigenvalue weighted by Crippen LogP contribution is -2.31. The Morgan fingerprint density at radius 2 is 2.10 bits per heavy atom. The number of aromatic nitrogens is 2. The fourth-order valence-electron chi connectivity index (χ4n) is 2.78. The van der Waals surface area contributed by atoms with Gasteiger partial charge in [0.15, 0.2) is 5.69 Å². The first kappa shape index (κ1) is 14.1. The van der Waals surface area contributed by atoms with Gasteiger partial charge in [0.2, 0.25) is 0 Å². The van der Waals surface area contributed by atoms with Gasteiger partial charge in [-0.1, -0.05) is 23.7 Å². The Hall–Kier alpha value is -1.88. The Morgan fingerprint density at radius 1 is 1.38 bits per heavy atom. The smallest absolute Gasteiger partial charge is 0.276 e. The SMILES string of the molecule is Cn1cc(Cl)c(C(=O)N2CCC[C@H]2c2ccc(F)cc2)n1. The van der Waals surface area contributed by atoms with Crippen molar-refractivity contribution < 1.29 is 9.18 Å². The zero-order valence-corrected chi connectivity index (χ0v) is 12.3. The molecule has 0 spiro atoms. The number of hydrogen-bond donors (Lipinski definition) is 0. The summed E-state index contributed by atoms with van der Waals surface area (Å²) in [4.78, 5) is 14.4. The number of likely N-dealkylation sites (tertiary alicyclic amines) is 1. The molecular formula is C15H15ClFN3O. The second-order valence-electron chi connectivity index (χ2n) is 5.21. The van der Waals surface area contributed by atoms with Gasteiger partial charge >= 0.3 is 0 Å². The highest BCUT2D eigenvalue weighted by atomic mass is 35.5. The molecule has 0 saturated carbocycles. The molecule has 0 unspecified atom stereocenters. The van der Waals surface area contributed by atoms with Gasteiger partial charge in [0.05, 0.1) is 11.1 Å². The van der Waals surface area contributed by atoms with Gasteiger partial charge in [-0.05, 0) is 30.5 Å². The molecule has 1 aromatic heterocycles. The van der Waals surface area contributed by atoms with Crippen molar-refractivity contribution in [3.8, 4) is 0 Å². The van der Waals surface area contributed by atoms with E-state index in [0.29, 0.717) is 11.6 Å². The summed E-state index contributed by atoms with van der Waals surface area (Å²) < 4.78 is 14.6. The van der Waals surface area contributed by atoms with E-state index in [-0.39, 0.29) is 23.5 Å². The highest BCUT2D eigenvalue weighted by molar-refractivity contribution is 6.33. The lowest BCUT2D eigenvalue weighted by atomic mass is 10.0. The molecule has 2 aromatic rings. The zero-order chi connectivity index (χ0) is 15.0. The topological polar surface area (TPSA) is 38.1 Å². The van der Waals surface area contributed by atoms with Crippen LogP contribution in [0.4, 0.5) is 4.39 Å². The van der Waals surface area contributed by atoms with Gasteiger partial charge in [0, 0.05) is 19.8 Å². The molecule has 0 bridgehead atoms. The summed E-state index contributed by atoms with van der Waals surface area (Å²) in [6.07, 6.45) is 3.39. The largest absolute Gasteiger partial charge is 0.330 e. The van der Waals surface area contributed by atoms with E-state index in [9.17, 15) is 9.18 Å². The van der Waals surface area contributed by atoms with Crippen molar-refractivity contribution in [1.82, 2.24) is 14.7 Å². The fourth-order valence-corrected chi connectivity index (χ4v) is 3.04. The number of nitrogens with zero attached hydrogens (tertiary/aromatic N) is 3. The van der Waals surface area contributed by atoms with Crippen LogP contribution in [0.25, 0.3) is 0 Å². The van der Waals surface area contributed by atoms with Gasteiger partial charge in [-0.2, -0.15) is 5.10 Å². The van der Waals surface area contributed by atoms with Gasteiger partial charge in [0.1, 0.15) is 5.82 Å². The predicted octanol–water partition coefficient (Wildman–Crippen LogP) is 3.19. The fraction of sp³-hybridized carbons (Fsp3) is 0.333. The minimum absolute atomic E-state index is 0.0452. The monoisotopic (exact) mass is 307 g/mol. The van der Waals surface area contributed by atoms with Gasteiger partial charge in [-0.3, -0.25) is 9.48 Å². The molecule has 4 nitrogen and oxygen atoms in total. The van der Waals surface area contributed by atoms with Gasteiger partial charge in [-0.25, -0.2) is 4.39 Å². The number of carbonyl (C=O) groups excluding carboxylic acids is 1. The van der Waals surface area contributed by atoms with Crippen molar-refractivity contribution in [2.24, 2.45) is 7.05 Å². The summed E-state index contributed by atoms with van der Waals surface area (Å²) in [6.45, 7) is 0.660. The predicted molar refractivity (Wildman–Crippen MR) is 77.6 cm³/mol. The molecule has 1 atom stereocenters. The maximum Gasteiger partial charge on any atom is 0.276 e. The number of benzene rings is 1. The molecule has 110 valence electrons. The average Bonchev–Trinajstić information content (AvgIpc) is 3.05. The number of amides is 1. The Morgan fingerprint density at radius 3 is 2.71 bits per heavy atom. The third kappa shape index (κ3) is 2.65. The molecule has 6 heteroatoms. The molecule has 0 radical (unpaired) electrons. The van der Waals surface area contributed by atoms with Crippen molar-refractivity contribution >= 4 is 17.5 Å². The molecule has 1 amide bonds. The second kappa shape index (κ2) is 5.48. The first-order chi connectivity index (χ1) is 10.1. The minimum Gasteiger partial charge on any atom is -0.330 e. The molecule has 0 N–H and O–H groups in total. The summed E-state index contributed by atoms with van der Waals surface area (Å²) in [7, 11) is 1.73. The first-order valence-electron chi connectivity index (χ1n) is 6.82. The van der Waals surface area contributed by atoms with E-state index in [4.69, 9.17) is 11.6 Å². The van der Waals surface area contributed by atoms with Crippen LogP contribution in [-0.4, -0.2) is 27.1 Å². The van der Waals surface area contributed by atoms with Crippen LogP contribution in [0, 0.1) is 5.82 Å². The molecule has 3 rings (SSSR count). The summed E-state index contributed by atoms with van der Waals surface area (Å²) in [5.41, 5.74) is 1.21. The molecule has 2 heterocycles. The summed E-state index contributed by atoms with van der Waals surface area (Å²) in [6, 6.07) is 6.25. The van der Waals surface area contributed by atoms with Crippen molar-refractivity contribution in [1.29, 1.82) is 0 Å². The molecule has 21 heavy (non-hydrogen) atoms. The molecule has 0 aliphatic carbocycles. The molecule has 1 saturated heterocycles. The Bertz CT molecular complexity index is 668. The van der Waals surface area contributed by atoms with Crippen LogP contribution in [0.15, 0.2) is 30.5 Å². The summed E-state index contributed by atoms with van der Waals surface area (Å²) >= 11 is 6.05. The van der Waals surface area contributed by atoms with Crippen molar-refractivity contribution in [2.75, 3.05) is 6.54 Å². The zero-order valence-electron chi connectivity index (χ0n) is 11.6. The molecular weight excluding hydrogens is 293 g/mol. The maximum atomic E-state index is 13.0. The number of halogens is 2. The lowest BCUT2D eigenvalue weighted by Gasteiger charge is -2.24. The Labute approximate surface area is 127 Å². The normalized spacial score (nSPS) is 18.2. The molecule has 1 aromatic carbocycles. The Kier molecular flexibility index (Phi) is 3.68. The third-order valence-corrected chi connectivity index (χ3v) is 4.03. The van der Waals surface area contributed by atoms with Gasteiger partial charge in [-0.15, -0.1) is 0 Å². The van der Waals surface area contributed by atoms with Crippen molar-refractivity contribution in [3.05, 3.63) is 52.6 Å². The molecule has 1 aliphatic heterocycles. The second-order valence-corrected chi connectivity index (χ2v) is 5.61. The number of hydrogen-bond acceptors (Lipinski definition) is 2. The van der Waals surface area contributed by atoms with Crippen LogP contribution in [-0.2, 0) is 7.05 Å². The van der Waals surface area contributed by atoms with E-state index in [0.717, 1.165) is 18.4 Å². The first-order valence-corrected chi connectivity index (χ1v) is 7.19. The van der Waals surface area contributed by atoms with Crippen LogP contribution in [0.3, 0.4) is 0 Å². The van der Waals surface area contributed by atoms with Crippen LogP contribution >= 0.6 is 11.6 Å². The standard InChI is InChI=1S/C15H15ClFN3O/c1-19-9-12(16)14(18-19)15(21)20-8-2-3-13(20)10-4-6-11(17)7-5-10/h4-7,9,13H,2-3,8H2,1H3/t13-/m0/s1. The van der Waals surface area contributed by atoms with Gasteiger partial charge < -0.3 is 4.90 Å². The van der Waals surface area contributed by atoms with E-state index in [1.165, 1.54) is 16.8 Å². The van der Waals surface area contributed by atoms with Crippen LogP contribution in [0.5, 0.6) is 0 Å². The molecule has 1 aliphatic rings. The van der Waals surface area contributed by atoms with E-state index in [2.05, 4.69) is 5.10 Å². The van der Waals surface area contributed by atoms with Gasteiger partial charge in [0.25, 0.3) is 5.91 Å². The lowest BCUT2D eigenvalue weighted by molar-refractivity contribution is 0.0729. The average molecular weight is 308 g/mol. The minimum atomic E-state index is -0.276. The summed E-state index contributed by atoms with van der Waals surface area (Å²) in [5.74, 6) is -0.449. The van der Waals surface area contributed by atoms with Crippen LogP contribution in [0.1, 0.15) is 34.9 Å². The quantitative estimate of drug-likeness (QED) is 0.854. The Balaban J connectivity index is 1.88. The van der Waals surface area contributed by atoms with Crippen LogP contribution < -0.4 is 0 Å². The number of rotatable bonds is 2. The van der Waals surface area contributed by atoms with Crippen molar-refractivity contribution in [3.63, 3.8) is 0 Å². The molecule has 1 fully saturated rings. The van der Waals surface area contributed by atoms with E-state index >= 15 is 0 Å². The van der Waals surface area contributed by atoms with Crippen LogP contribution in [0.2, 0.25) is 5.02 Å². The number of aryl methyl sites for hydroxylation is 1. The van der Waals surface area contributed by atoms with E-state index in [1.54, 1.807) is 30.3 Å². The highest BCUT2D eigenvalue weighted by Gasteiger charge is 2.32. The van der Waals surface area contributed by atoms with E-state index in [1.807, 2.05) is 0 Å². The van der Waals surface area contributed by atoms with E-state index < -0.39 is 0 Å². The summed E-state index contributed by atoms with van der Waals surface area (Å²) in [5, 5.41) is 4.48. The van der Waals surface area contributed by atoms with Crippen molar-refractivity contribution in [2.45, 2.75) is 18.9 Å². The maximum absolute atomic E-state index is 13.0. The highest BCUT2D eigenvalue weighted by Crippen LogP contribution is 2.33. The number of carbonyl (C=O) groups is 1. The third-order valence-electron chi connectivity index (χ3n) is 3.76.